The lowest BCUT2D eigenvalue weighted by Crippen LogP contribution is -2.33. The third-order valence-corrected chi connectivity index (χ3v) is 5.23. The van der Waals surface area contributed by atoms with E-state index in [1.807, 2.05) is 54.4 Å². The Hall–Kier alpha value is -3.58. The first-order chi connectivity index (χ1) is 14.7. The van der Waals surface area contributed by atoms with Gasteiger partial charge in [0.2, 0.25) is 0 Å². The van der Waals surface area contributed by atoms with Gasteiger partial charge in [-0.1, -0.05) is 36.4 Å². The highest BCUT2D eigenvalue weighted by molar-refractivity contribution is 6.04. The molecule has 1 unspecified atom stereocenters. The normalized spacial score (nSPS) is 15.5. The van der Waals surface area contributed by atoms with Crippen molar-refractivity contribution in [2.75, 3.05) is 10.2 Å². The number of nitrogens with one attached hydrogen (secondary N) is 1. The summed E-state index contributed by atoms with van der Waals surface area (Å²) in [4.78, 5) is 14.5. The summed E-state index contributed by atoms with van der Waals surface area (Å²) in [7, 11) is 0. The van der Waals surface area contributed by atoms with E-state index in [1.54, 1.807) is 12.1 Å². The molecule has 3 aromatic rings. The molecule has 7 heteroatoms. The second-order valence-electron chi connectivity index (χ2n) is 7.33. The number of alkyl halides is 3. The number of carbonyl (C=O) groups excluding carboxylic acids is 1. The number of anilines is 2. The molecule has 0 aromatic heterocycles. The molecule has 158 valence electrons. The van der Waals surface area contributed by atoms with Crippen LogP contribution in [0.15, 0.2) is 72.9 Å². The molecule has 0 fully saturated rings. The van der Waals surface area contributed by atoms with Gasteiger partial charge in [0.05, 0.1) is 5.56 Å². The zero-order chi connectivity index (χ0) is 22.2. The Labute approximate surface area is 177 Å². The van der Waals surface area contributed by atoms with Gasteiger partial charge in [-0.3, -0.25) is 4.79 Å². The first-order valence-corrected chi connectivity index (χ1v) is 9.64. The lowest BCUT2D eigenvalue weighted by Gasteiger charge is -2.33. The molecular formula is C24H20F3N3O. The number of benzene rings is 3. The third kappa shape index (κ3) is 4.18. The van der Waals surface area contributed by atoms with Gasteiger partial charge in [0, 0.05) is 23.1 Å². The van der Waals surface area contributed by atoms with Crippen LogP contribution in [0.4, 0.5) is 24.5 Å². The second-order valence-corrected chi connectivity index (χ2v) is 7.33. The van der Waals surface area contributed by atoms with Gasteiger partial charge < -0.3 is 16.0 Å². The summed E-state index contributed by atoms with van der Waals surface area (Å²) >= 11 is 0. The van der Waals surface area contributed by atoms with Crippen LogP contribution in [0.5, 0.6) is 0 Å². The first kappa shape index (κ1) is 20.7. The van der Waals surface area contributed by atoms with Crippen LogP contribution in [-0.4, -0.2) is 5.91 Å². The van der Waals surface area contributed by atoms with Gasteiger partial charge in [-0.15, -0.1) is 0 Å². The summed E-state index contributed by atoms with van der Waals surface area (Å²) in [5.41, 5.74) is 9.74. The summed E-state index contributed by atoms with van der Waals surface area (Å²) < 4.78 is 38.8. The molecule has 1 aliphatic heterocycles. The van der Waals surface area contributed by atoms with Crippen LogP contribution < -0.4 is 16.0 Å². The molecule has 0 spiro atoms. The smallest absolute Gasteiger partial charge is 0.328 e. The lowest BCUT2D eigenvalue weighted by molar-refractivity contribution is -0.137. The molecule has 31 heavy (non-hydrogen) atoms. The maximum absolute atomic E-state index is 12.9. The largest absolute Gasteiger partial charge is 0.416 e. The van der Waals surface area contributed by atoms with E-state index >= 15 is 0 Å². The Balaban J connectivity index is 1.60. The number of halogens is 3. The minimum atomic E-state index is -4.51. The van der Waals surface area contributed by atoms with Crippen LogP contribution in [0.25, 0.3) is 6.08 Å². The van der Waals surface area contributed by atoms with E-state index in [1.165, 1.54) is 12.1 Å². The number of hydrogen-bond donors (Lipinski definition) is 2. The summed E-state index contributed by atoms with van der Waals surface area (Å²) in [6.07, 6.45) is -1.07. The van der Waals surface area contributed by atoms with Crippen LogP contribution in [-0.2, 0) is 6.18 Å². The predicted molar refractivity (Wildman–Crippen MR) is 115 cm³/mol. The second kappa shape index (κ2) is 7.92. The van der Waals surface area contributed by atoms with Crippen molar-refractivity contribution in [1.82, 2.24) is 0 Å². The van der Waals surface area contributed by atoms with Crippen molar-refractivity contribution in [1.29, 1.82) is 0 Å². The number of amides is 1. The standard InChI is InChI=1S/C24H20F3N3O/c1-15-9-10-19(29-23(31)17-6-4-7-18(13-17)24(25,26)27)14-21(15)30-12-11-16-5-2-3-8-20(16)22(30)28/h2-14,22H,28H2,1H3,(H,29,31). The fraction of sp³-hybridized carbons (Fsp3) is 0.125. The van der Waals surface area contributed by atoms with Crippen molar-refractivity contribution < 1.29 is 18.0 Å². The van der Waals surface area contributed by atoms with Gasteiger partial charge in [0.25, 0.3) is 5.91 Å². The zero-order valence-corrected chi connectivity index (χ0v) is 16.6. The predicted octanol–water partition coefficient (Wildman–Crippen LogP) is 5.71. The Morgan fingerprint density at radius 1 is 1.03 bits per heavy atom. The molecule has 1 heterocycles. The summed E-state index contributed by atoms with van der Waals surface area (Å²) in [6, 6.07) is 17.5. The van der Waals surface area contributed by atoms with Gasteiger partial charge in [-0.2, -0.15) is 13.2 Å². The van der Waals surface area contributed by atoms with Crippen LogP contribution in [0.3, 0.4) is 0 Å². The fourth-order valence-corrected chi connectivity index (χ4v) is 3.57. The molecule has 0 aliphatic carbocycles. The molecule has 1 amide bonds. The number of aryl methyl sites for hydroxylation is 1. The van der Waals surface area contributed by atoms with Crippen LogP contribution >= 0.6 is 0 Å². The van der Waals surface area contributed by atoms with Gasteiger partial charge >= 0.3 is 6.18 Å². The molecule has 0 saturated heterocycles. The zero-order valence-electron chi connectivity index (χ0n) is 16.6. The molecule has 0 bridgehead atoms. The van der Waals surface area contributed by atoms with E-state index in [4.69, 9.17) is 5.73 Å². The number of fused-ring (bicyclic) bond motifs is 1. The van der Waals surface area contributed by atoms with Crippen molar-refractivity contribution in [3.05, 3.63) is 101 Å². The SMILES string of the molecule is Cc1ccc(NC(=O)c2cccc(C(F)(F)F)c2)cc1N1C=Cc2ccccc2C1N. The average Bonchev–Trinajstić information content (AvgIpc) is 2.75. The minimum Gasteiger partial charge on any atom is -0.328 e. The molecule has 4 nitrogen and oxygen atoms in total. The highest BCUT2D eigenvalue weighted by Crippen LogP contribution is 2.35. The monoisotopic (exact) mass is 423 g/mol. The first-order valence-electron chi connectivity index (χ1n) is 9.64. The number of nitrogens with two attached hydrogens (primary N) is 1. The average molecular weight is 423 g/mol. The molecular weight excluding hydrogens is 403 g/mol. The fourth-order valence-electron chi connectivity index (χ4n) is 3.57. The number of nitrogens with zero attached hydrogens (tertiary/aromatic N) is 1. The molecule has 0 radical (unpaired) electrons. The Kier molecular flexibility index (Phi) is 5.29. The van der Waals surface area contributed by atoms with Crippen molar-refractivity contribution in [3.63, 3.8) is 0 Å². The van der Waals surface area contributed by atoms with E-state index in [0.29, 0.717) is 5.69 Å². The van der Waals surface area contributed by atoms with Crippen LogP contribution in [0.2, 0.25) is 0 Å². The minimum absolute atomic E-state index is 0.0690. The van der Waals surface area contributed by atoms with Crippen molar-refractivity contribution in [2.45, 2.75) is 19.3 Å². The van der Waals surface area contributed by atoms with E-state index < -0.39 is 23.8 Å². The molecule has 0 saturated carbocycles. The summed E-state index contributed by atoms with van der Waals surface area (Å²) in [5, 5.41) is 2.68. The van der Waals surface area contributed by atoms with Gasteiger partial charge in [-0.05, 0) is 60.0 Å². The lowest BCUT2D eigenvalue weighted by atomic mass is 10.00. The van der Waals surface area contributed by atoms with E-state index in [-0.39, 0.29) is 5.56 Å². The molecule has 3 aromatic carbocycles. The quantitative estimate of drug-likeness (QED) is 0.567. The van der Waals surface area contributed by atoms with Gasteiger partial charge in [0.15, 0.2) is 0 Å². The maximum Gasteiger partial charge on any atom is 0.416 e. The molecule has 1 atom stereocenters. The van der Waals surface area contributed by atoms with E-state index in [0.717, 1.165) is 34.5 Å². The topological polar surface area (TPSA) is 58.4 Å². The third-order valence-electron chi connectivity index (χ3n) is 5.23. The van der Waals surface area contributed by atoms with Crippen molar-refractivity contribution in [2.24, 2.45) is 5.73 Å². The Bertz CT molecular complexity index is 1170. The number of hydrogen-bond acceptors (Lipinski definition) is 3. The Morgan fingerprint density at radius 2 is 1.81 bits per heavy atom. The molecule has 4 rings (SSSR count). The van der Waals surface area contributed by atoms with Crippen molar-refractivity contribution >= 4 is 23.4 Å². The molecule has 1 aliphatic rings. The number of carbonyl (C=O) groups is 1. The van der Waals surface area contributed by atoms with E-state index in [2.05, 4.69) is 5.32 Å². The van der Waals surface area contributed by atoms with Crippen LogP contribution in [0, 0.1) is 6.92 Å². The summed E-state index contributed by atoms with van der Waals surface area (Å²) in [6.45, 7) is 1.93. The van der Waals surface area contributed by atoms with E-state index in [9.17, 15) is 18.0 Å². The number of rotatable bonds is 3. The summed E-state index contributed by atoms with van der Waals surface area (Å²) in [5.74, 6) is -0.621. The Morgan fingerprint density at radius 3 is 2.58 bits per heavy atom. The van der Waals surface area contributed by atoms with Gasteiger partial charge in [0.1, 0.15) is 6.17 Å². The van der Waals surface area contributed by atoms with Crippen molar-refractivity contribution in [3.8, 4) is 0 Å². The maximum atomic E-state index is 12.9. The molecule has 3 N–H and O–H groups in total. The van der Waals surface area contributed by atoms with Gasteiger partial charge in [-0.25, -0.2) is 0 Å². The highest BCUT2D eigenvalue weighted by atomic mass is 19.4. The highest BCUT2D eigenvalue weighted by Gasteiger charge is 2.31. The van der Waals surface area contributed by atoms with Crippen LogP contribution in [0.1, 0.15) is 38.8 Å².